The number of hydrogen-bond donors (Lipinski definition) is 3. The zero-order valence-corrected chi connectivity index (χ0v) is 12.6. The molecule has 0 atom stereocenters. The van der Waals surface area contributed by atoms with E-state index in [-0.39, 0.29) is 5.91 Å². The van der Waals surface area contributed by atoms with Crippen LogP contribution < -0.4 is 16.6 Å². The van der Waals surface area contributed by atoms with Crippen LogP contribution in [0, 0.1) is 0 Å². The SMILES string of the molecule is NNc1ccc(C(=O)NCCc2ccc(Cl)cc2Cl)cn1. The lowest BCUT2D eigenvalue weighted by Crippen LogP contribution is -2.26. The molecule has 0 aliphatic carbocycles. The van der Waals surface area contributed by atoms with Crippen molar-refractivity contribution in [3.63, 3.8) is 0 Å². The average molecular weight is 325 g/mol. The summed E-state index contributed by atoms with van der Waals surface area (Å²) in [5.41, 5.74) is 3.80. The van der Waals surface area contributed by atoms with Gasteiger partial charge in [-0.2, -0.15) is 0 Å². The third-order valence-electron chi connectivity index (χ3n) is 2.87. The Kier molecular flexibility index (Phi) is 5.38. The lowest BCUT2D eigenvalue weighted by atomic mass is 10.1. The zero-order valence-electron chi connectivity index (χ0n) is 11.1. The Balaban J connectivity index is 1.88. The first-order valence-electron chi connectivity index (χ1n) is 6.25. The number of nitrogens with two attached hydrogens (primary N) is 1. The summed E-state index contributed by atoms with van der Waals surface area (Å²) in [5.74, 6) is 5.51. The fraction of sp³-hybridized carbons (Fsp3) is 0.143. The van der Waals surface area contributed by atoms with E-state index in [0.29, 0.717) is 34.4 Å². The lowest BCUT2D eigenvalue weighted by Gasteiger charge is -2.07. The Bertz CT molecular complexity index is 631. The van der Waals surface area contributed by atoms with Gasteiger partial charge in [0.15, 0.2) is 0 Å². The van der Waals surface area contributed by atoms with Gasteiger partial charge in [-0.3, -0.25) is 4.79 Å². The Morgan fingerprint density at radius 2 is 2.05 bits per heavy atom. The number of nitrogens with one attached hydrogen (secondary N) is 2. The van der Waals surface area contributed by atoms with E-state index in [4.69, 9.17) is 29.0 Å². The Hall–Kier alpha value is -1.82. The molecule has 7 heteroatoms. The summed E-state index contributed by atoms with van der Waals surface area (Å²) in [7, 11) is 0. The Morgan fingerprint density at radius 3 is 2.67 bits per heavy atom. The quantitative estimate of drug-likeness (QED) is 0.583. The van der Waals surface area contributed by atoms with Crippen LogP contribution in [0.2, 0.25) is 10.0 Å². The molecule has 0 radical (unpaired) electrons. The average Bonchev–Trinajstić information content (AvgIpc) is 2.49. The molecule has 1 amide bonds. The van der Waals surface area contributed by atoms with Crippen LogP contribution in [0.1, 0.15) is 15.9 Å². The highest BCUT2D eigenvalue weighted by Crippen LogP contribution is 2.21. The van der Waals surface area contributed by atoms with Crippen molar-refractivity contribution >= 4 is 34.9 Å². The molecule has 110 valence electrons. The molecule has 21 heavy (non-hydrogen) atoms. The molecule has 1 heterocycles. The van der Waals surface area contributed by atoms with Crippen LogP contribution >= 0.6 is 23.2 Å². The summed E-state index contributed by atoms with van der Waals surface area (Å²) in [6.45, 7) is 0.469. The van der Waals surface area contributed by atoms with E-state index >= 15 is 0 Å². The minimum atomic E-state index is -0.198. The van der Waals surface area contributed by atoms with Crippen LogP contribution in [0.4, 0.5) is 5.82 Å². The molecule has 2 aromatic rings. The van der Waals surface area contributed by atoms with Gasteiger partial charge < -0.3 is 10.7 Å². The number of hydrazine groups is 1. The molecular weight excluding hydrogens is 311 g/mol. The predicted octanol–water partition coefficient (Wildman–Crippen LogP) is 2.65. The minimum absolute atomic E-state index is 0.198. The molecule has 0 fully saturated rings. The van der Waals surface area contributed by atoms with E-state index in [2.05, 4.69) is 15.7 Å². The van der Waals surface area contributed by atoms with Crippen molar-refractivity contribution < 1.29 is 4.79 Å². The molecule has 5 nitrogen and oxygen atoms in total. The Labute approximate surface area is 132 Å². The monoisotopic (exact) mass is 324 g/mol. The van der Waals surface area contributed by atoms with Crippen LogP contribution in [0.3, 0.4) is 0 Å². The van der Waals surface area contributed by atoms with Crippen molar-refractivity contribution in [3.05, 3.63) is 57.7 Å². The molecule has 0 saturated heterocycles. The number of hydrogen-bond acceptors (Lipinski definition) is 4. The van der Waals surface area contributed by atoms with Gasteiger partial charge in [-0.25, -0.2) is 10.8 Å². The molecule has 0 saturated carbocycles. The summed E-state index contributed by atoms with van der Waals surface area (Å²) in [6.07, 6.45) is 2.08. The van der Waals surface area contributed by atoms with Crippen molar-refractivity contribution in [1.29, 1.82) is 0 Å². The second-order valence-electron chi connectivity index (χ2n) is 4.32. The molecule has 0 bridgehead atoms. The number of rotatable bonds is 5. The van der Waals surface area contributed by atoms with Crippen LogP contribution in [0.5, 0.6) is 0 Å². The number of pyridine rings is 1. The van der Waals surface area contributed by atoms with Crippen LogP contribution in [-0.4, -0.2) is 17.4 Å². The highest BCUT2D eigenvalue weighted by Gasteiger charge is 2.06. The van der Waals surface area contributed by atoms with Crippen LogP contribution in [0.25, 0.3) is 0 Å². The molecule has 2 rings (SSSR count). The van der Waals surface area contributed by atoms with E-state index in [9.17, 15) is 4.79 Å². The van der Waals surface area contributed by atoms with E-state index < -0.39 is 0 Å². The molecule has 0 aliphatic rings. The lowest BCUT2D eigenvalue weighted by molar-refractivity contribution is 0.0954. The van der Waals surface area contributed by atoms with Crippen molar-refractivity contribution in [2.45, 2.75) is 6.42 Å². The third kappa shape index (κ3) is 4.32. The fourth-order valence-corrected chi connectivity index (χ4v) is 2.25. The number of nitrogens with zero attached hydrogens (tertiary/aromatic N) is 1. The molecular formula is C14H14Cl2N4O. The van der Waals surface area contributed by atoms with Gasteiger partial charge in [-0.1, -0.05) is 29.3 Å². The molecule has 1 aromatic heterocycles. The van der Waals surface area contributed by atoms with Crippen molar-refractivity contribution in [3.8, 4) is 0 Å². The van der Waals surface area contributed by atoms with Gasteiger partial charge in [0.05, 0.1) is 5.56 Å². The number of amides is 1. The number of halogens is 2. The van der Waals surface area contributed by atoms with Gasteiger partial charge in [0.1, 0.15) is 5.82 Å². The standard InChI is InChI=1S/C14H14Cl2N4O/c15-11-3-1-9(12(16)7-11)5-6-18-14(21)10-2-4-13(20-17)19-8-10/h1-4,7-8H,5-6,17H2,(H,18,21)(H,19,20). The molecule has 4 N–H and O–H groups in total. The van der Waals surface area contributed by atoms with Crippen LogP contribution in [0.15, 0.2) is 36.5 Å². The number of nitrogen functional groups attached to an aromatic ring is 1. The summed E-state index contributed by atoms with van der Waals surface area (Å²) >= 11 is 11.9. The van der Waals surface area contributed by atoms with Gasteiger partial charge in [0, 0.05) is 22.8 Å². The van der Waals surface area contributed by atoms with Gasteiger partial charge >= 0.3 is 0 Å². The topological polar surface area (TPSA) is 80.0 Å². The van der Waals surface area contributed by atoms with Crippen LogP contribution in [-0.2, 0) is 6.42 Å². The second-order valence-corrected chi connectivity index (χ2v) is 5.16. The normalized spacial score (nSPS) is 10.2. The minimum Gasteiger partial charge on any atom is -0.352 e. The van der Waals surface area contributed by atoms with E-state index in [1.807, 2.05) is 6.07 Å². The highest BCUT2D eigenvalue weighted by atomic mass is 35.5. The van der Waals surface area contributed by atoms with Gasteiger partial charge in [0.25, 0.3) is 5.91 Å². The van der Waals surface area contributed by atoms with Crippen molar-refractivity contribution in [2.75, 3.05) is 12.0 Å². The highest BCUT2D eigenvalue weighted by molar-refractivity contribution is 6.35. The maximum atomic E-state index is 11.9. The van der Waals surface area contributed by atoms with E-state index in [1.165, 1.54) is 6.20 Å². The molecule has 0 aliphatic heterocycles. The van der Waals surface area contributed by atoms with Gasteiger partial charge in [-0.15, -0.1) is 0 Å². The first-order chi connectivity index (χ1) is 10.1. The number of carbonyl (C=O) groups is 1. The first kappa shape index (κ1) is 15.6. The largest absolute Gasteiger partial charge is 0.352 e. The smallest absolute Gasteiger partial charge is 0.252 e. The van der Waals surface area contributed by atoms with Gasteiger partial charge in [0.2, 0.25) is 0 Å². The van der Waals surface area contributed by atoms with E-state index in [1.54, 1.807) is 24.3 Å². The Morgan fingerprint density at radius 1 is 1.24 bits per heavy atom. The molecule has 0 spiro atoms. The summed E-state index contributed by atoms with van der Waals surface area (Å²) in [5, 5.41) is 3.99. The van der Waals surface area contributed by atoms with Crippen molar-refractivity contribution in [1.82, 2.24) is 10.3 Å². The predicted molar refractivity (Wildman–Crippen MR) is 84.5 cm³/mol. The summed E-state index contributed by atoms with van der Waals surface area (Å²) in [6, 6.07) is 8.58. The third-order valence-corrected chi connectivity index (χ3v) is 3.46. The van der Waals surface area contributed by atoms with Gasteiger partial charge in [-0.05, 0) is 36.2 Å². The first-order valence-corrected chi connectivity index (χ1v) is 7.00. The van der Waals surface area contributed by atoms with Crippen molar-refractivity contribution in [2.24, 2.45) is 5.84 Å². The number of carbonyl (C=O) groups excluding carboxylic acids is 1. The maximum absolute atomic E-state index is 11.9. The summed E-state index contributed by atoms with van der Waals surface area (Å²) in [4.78, 5) is 15.9. The molecule has 0 unspecified atom stereocenters. The molecule has 1 aromatic carbocycles. The zero-order chi connectivity index (χ0) is 15.2. The number of benzene rings is 1. The van der Waals surface area contributed by atoms with E-state index in [0.717, 1.165) is 5.56 Å². The second kappa shape index (κ2) is 7.26. The number of aromatic nitrogens is 1. The maximum Gasteiger partial charge on any atom is 0.252 e. The fourth-order valence-electron chi connectivity index (χ4n) is 1.75. The summed E-state index contributed by atoms with van der Waals surface area (Å²) < 4.78 is 0. The number of anilines is 1.